The topological polar surface area (TPSA) is 83.3 Å². The summed E-state index contributed by atoms with van der Waals surface area (Å²) in [6, 6.07) is 1.56. The first-order valence-corrected chi connectivity index (χ1v) is 10.3. The second kappa shape index (κ2) is 11.1. The lowest BCUT2D eigenvalue weighted by molar-refractivity contribution is -0.179. The maximum absolute atomic E-state index is 12.9. The first-order valence-electron chi connectivity index (χ1n) is 10.3. The van der Waals surface area contributed by atoms with E-state index in [1.807, 2.05) is 27.7 Å². The Kier molecular flexibility index (Phi) is 9.52. The van der Waals surface area contributed by atoms with Crippen LogP contribution in [0.4, 0.5) is 30.5 Å². The van der Waals surface area contributed by atoms with Gasteiger partial charge in [0.05, 0.1) is 17.2 Å². The standard InChI is InChI=1S/C18H28F3N5O.C2H6/c1-4-12(5-2)24-17(27)13-10-14(22)15(23-3)25-16(13)26-8-6-11(7-9-26)18(19,20)21;1-2/h10-12H,4-9,22H2,1-3H3,(H,23,25)(H,24,27);1-2H3. The molecule has 0 spiro atoms. The summed E-state index contributed by atoms with van der Waals surface area (Å²) in [5.41, 5.74) is 6.59. The Hall–Kier alpha value is -2.19. The number of aromatic nitrogens is 1. The number of nitrogen functional groups attached to an aromatic ring is 1. The van der Waals surface area contributed by atoms with E-state index in [0.29, 0.717) is 22.9 Å². The van der Waals surface area contributed by atoms with Gasteiger partial charge in [-0.25, -0.2) is 4.98 Å². The second-order valence-electron chi connectivity index (χ2n) is 6.84. The SMILES string of the molecule is CC.CCC(CC)NC(=O)c1cc(N)c(NC)nc1N1CCC(C(F)(F)F)CC1. The summed E-state index contributed by atoms with van der Waals surface area (Å²) in [4.78, 5) is 18.9. The molecule has 2 rings (SSSR count). The highest BCUT2D eigenvalue weighted by Gasteiger charge is 2.41. The van der Waals surface area contributed by atoms with Crippen LogP contribution >= 0.6 is 0 Å². The van der Waals surface area contributed by atoms with Crippen LogP contribution in [0.2, 0.25) is 0 Å². The predicted molar refractivity (Wildman–Crippen MR) is 112 cm³/mol. The van der Waals surface area contributed by atoms with Crippen molar-refractivity contribution in [1.29, 1.82) is 0 Å². The van der Waals surface area contributed by atoms with Crippen molar-refractivity contribution >= 4 is 23.2 Å². The van der Waals surface area contributed by atoms with Crippen LogP contribution in [0.3, 0.4) is 0 Å². The van der Waals surface area contributed by atoms with E-state index >= 15 is 0 Å². The number of halogens is 3. The fraction of sp³-hybridized carbons (Fsp3) is 0.700. The molecule has 0 aliphatic carbocycles. The van der Waals surface area contributed by atoms with Gasteiger partial charge in [0.25, 0.3) is 5.91 Å². The number of pyridine rings is 1. The van der Waals surface area contributed by atoms with Crippen LogP contribution in [0.5, 0.6) is 0 Å². The summed E-state index contributed by atoms with van der Waals surface area (Å²) in [5.74, 6) is -0.841. The monoisotopic (exact) mass is 417 g/mol. The number of carbonyl (C=O) groups is 1. The zero-order valence-electron chi connectivity index (χ0n) is 18.0. The second-order valence-corrected chi connectivity index (χ2v) is 6.84. The fourth-order valence-corrected chi connectivity index (χ4v) is 3.30. The van der Waals surface area contributed by atoms with E-state index in [4.69, 9.17) is 5.73 Å². The summed E-state index contributed by atoms with van der Waals surface area (Å²) in [6.45, 7) is 8.34. The van der Waals surface area contributed by atoms with Gasteiger partial charge >= 0.3 is 6.18 Å². The minimum atomic E-state index is -4.19. The third-order valence-electron chi connectivity index (χ3n) is 5.09. The number of carbonyl (C=O) groups excluding carboxylic acids is 1. The highest BCUT2D eigenvalue weighted by Crippen LogP contribution is 2.36. The predicted octanol–water partition coefficient (Wildman–Crippen LogP) is 4.43. The zero-order valence-corrected chi connectivity index (χ0v) is 18.0. The summed E-state index contributed by atoms with van der Waals surface area (Å²) in [6.07, 6.45) is -2.65. The minimum Gasteiger partial charge on any atom is -0.396 e. The maximum Gasteiger partial charge on any atom is 0.391 e. The molecule has 1 saturated heterocycles. The van der Waals surface area contributed by atoms with Crippen LogP contribution in [0.25, 0.3) is 0 Å². The fourth-order valence-electron chi connectivity index (χ4n) is 3.30. The number of nitrogens with one attached hydrogen (secondary N) is 2. The average molecular weight is 418 g/mol. The molecule has 1 aromatic heterocycles. The molecule has 0 bridgehead atoms. The molecule has 166 valence electrons. The van der Waals surface area contributed by atoms with Crippen LogP contribution in [-0.2, 0) is 0 Å². The molecule has 1 amide bonds. The molecule has 2 heterocycles. The van der Waals surface area contributed by atoms with Crippen LogP contribution in [-0.4, -0.2) is 43.2 Å². The molecule has 0 atom stereocenters. The van der Waals surface area contributed by atoms with Crippen molar-refractivity contribution in [3.05, 3.63) is 11.6 Å². The van der Waals surface area contributed by atoms with E-state index in [1.165, 1.54) is 0 Å². The molecule has 9 heteroatoms. The number of piperidine rings is 1. The molecule has 29 heavy (non-hydrogen) atoms. The quantitative estimate of drug-likeness (QED) is 0.638. The molecule has 1 aliphatic rings. The van der Waals surface area contributed by atoms with Gasteiger partial charge in [0, 0.05) is 26.2 Å². The largest absolute Gasteiger partial charge is 0.396 e. The van der Waals surface area contributed by atoms with Crippen molar-refractivity contribution in [3.63, 3.8) is 0 Å². The minimum absolute atomic E-state index is 0.0158. The number of hydrogen-bond donors (Lipinski definition) is 3. The van der Waals surface area contributed by atoms with Gasteiger partial charge in [0.2, 0.25) is 0 Å². The molecule has 1 fully saturated rings. The first-order chi connectivity index (χ1) is 13.7. The number of hydrogen-bond acceptors (Lipinski definition) is 5. The summed E-state index contributed by atoms with van der Waals surface area (Å²) < 4.78 is 38.8. The number of rotatable bonds is 6. The van der Waals surface area contributed by atoms with Crippen LogP contribution < -0.4 is 21.3 Å². The van der Waals surface area contributed by atoms with Crippen molar-refractivity contribution in [2.75, 3.05) is 36.1 Å². The zero-order chi connectivity index (χ0) is 22.2. The van der Waals surface area contributed by atoms with Crippen molar-refractivity contribution in [2.45, 2.75) is 65.6 Å². The molecule has 0 saturated carbocycles. The average Bonchev–Trinajstić information content (AvgIpc) is 2.72. The molecule has 0 unspecified atom stereocenters. The Labute approximate surface area is 171 Å². The molecular weight excluding hydrogens is 383 g/mol. The lowest BCUT2D eigenvalue weighted by atomic mass is 9.96. The van der Waals surface area contributed by atoms with E-state index in [0.717, 1.165) is 12.8 Å². The lowest BCUT2D eigenvalue weighted by Crippen LogP contribution is -2.41. The smallest absolute Gasteiger partial charge is 0.391 e. The van der Waals surface area contributed by atoms with Gasteiger partial charge in [0.15, 0.2) is 5.82 Å². The highest BCUT2D eigenvalue weighted by molar-refractivity contribution is 6.00. The normalized spacial score (nSPS) is 15.0. The Balaban J connectivity index is 0.00000204. The van der Waals surface area contributed by atoms with Gasteiger partial charge in [-0.15, -0.1) is 0 Å². The summed E-state index contributed by atoms with van der Waals surface area (Å²) in [7, 11) is 1.66. The first kappa shape index (κ1) is 24.8. The van der Waals surface area contributed by atoms with Crippen molar-refractivity contribution < 1.29 is 18.0 Å². The van der Waals surface area contributed by atoms with Gasteiger partial charge < -0.3 is 21.3 Å². The number of nitrogens with two attached hydrogens (primary N) is 1. The third-order valence-corrected chi connectivity index (χ3v) is 5.09. The summed E-state index contributed by atoms with van der Waals surface area (Å²) in [5, 5.41) is 5.81. The van der Waals surface area contributed by atoms with E-state index in [2.05, 4.69) is 15.6 Å². The number of nitrogens with zero attached hydrogens (tertiary/aromatic N) is 2. The molecule has 0 radical (unpaired) electrons. The van der Waals surface area contributed by atoms with E-state index < -0.39 is 12.1 Å². The van der Waals surface area contributed by atoms with Crippen LogP contribution in [0.1, 0.15) is 63.7 Å². The summed E-state index contributed by atoms with van der Waals surface area (Å²) >= 11 is 0. The van der Waals surface area contributed by atoms with Crippen LogP contribution in [0.15, 0.2) is 6.07 Å². The van der Waals surface area contributed by atoms with E-state index in [1.54, 1.807) is 18.0 Å². The molecule has 4 N–H and O–H groups in total. The van der Waals surface area contributed by atoms with E-state index in [9.17, 15) is 18.0 Å². The van der Waals surface area contributed by atoms with Gasteiger partial charge in [-0.2, -0.15) is 13.2 Å². The number of anilines is 3. The molecular formula is C20H34F3N5O. The number of amides is 1. The highest BCUT2D eigenvalue weighted by atomic mass is 19.4. The van der Waals surface area contributed by atoms with Crippen LogP contribution in [0, 0.1) is 5.92 Å². The van der Waals surface area contributed by atoms with Crippen molar-refractivity contribution in [3.8, 4) is 0 Å². The van der Waals surface area contributed by atoms with Crippen molar-refractivity contribution in [1.82, 2.24) is 10.3 Å². The Morgan fingerprint density at radius 3 is 2.28 bits per heavy atom. The van der Waals surface area contributed by atoms with E-state index in [-0.39, 0.29) is 37.9 Å². The third kappa shape index (κ3) is 6.40. The van der Waals surface area contributed by atoms with Gasteiger partial charge in [0.1, 0.15) is 5.82 Å². The van der Waals surface area contributed by atoms with Gasteiger partial charge in [-0.1, -0.05) is 27.7 Å². The lowest BCUT2D eigenvalue weighted by Gasteiger charge is -2.34. The molecule has 1 aromatic rings. The number of alkyl halides is 3. The Morgan fingerprint density at radius 1 is 1.28 bits per heavy atom. The van der Waals surface area contributed by atoms with Crippen molar-refractivity contribution in [2.24, 2.45) is 5.92 Å². The van der Waals surface area contributed by atoms with Gasteiger partial charge in [-0.3, -0.25) is 4.79 Å². The molecule has 0 aromatic carbocycles. The Morgan fingerprint density at radius 2 is 1.83 bits per heavy atom. The Bertz CT molecular complexity index is 654. The molecule has 1 aliphatic heterocycles. The van der Waals surface area contributed by atoms with Gasteiger partial charge in [-0.05, 0) is 31.7 Å². The molecule has 6 nitrogen and oxygen atoms in total. The maximum atomic E-state index is 12.9.